The Morgan fingerprint density at radius 3 is 2.65 bits per heavy atom. The lowest BCUT2D eigenvalue weighted by Crippen LogP contribution is -2.26. The number of hydrogen-bond acceptors (Lipinski definition) is 5. The third-order valence-electron chi connectivity index (χ3n) is 8.45. The Kier molecular flexibility index (Phi) is 7.00. The van der Waals surface area contributed by atoms with E-state index in [4.69, 9.17) is 14.6 Å². The smallest absolute Gasteiger partial charge is 0.490 e. The van der Waals surface area contributed by atoms with E-state index in [1.807, 2.05) is 18.2 Å². The zero-order chi connectivity index (χ0) is 30.5. The van der Waals surface area contributed by atoms with Crippen molar-refractivity contribution in [2.75, 3.05) is 26.0 Å². The number of alkyl halides is 3. The molecular weight excluding hydrogens is 561 g/mol. The lowest BCUT2D eigenvalue weighted by atomic mass is 9.91. The largest absolute Gasteiger partial charge is 0.497 e. The summed E-state index contributed by atoms with van der Waals surface area (Å²) in [5, 5.41) is 19.1. The van der Waals surface area contributed by atoms with E-state index in [-0.39, 0.29) is 11.8 Å². The molecule has 2 atom stereocenters. The van der Waals surface area contributed by atoms with Crippen LogP contribution in [0.4, 0.5) is 18.9 Å². The van der Waals surface area contributed by atoms with Crippen molar-refractivity contribution in [3.05, 3.63) is 88.1 Å². The molecule has 0 saturated heterocycles. The van der Waals surface area contributed by atoms with Crippen molar-refractivity contribution in [3.8, 4) is 5.75 Å². The van der Waals surface area contributed by atoms with E-state index < -0.39 is 17.6 Å². The van der Waals surface area contributed by atoms with Crippen molar-refractivity contribution in [3.63, 3.8) is 0 Å². The standard InChI is InChI=1S/C30H28N4O2.C2HF3O2/c1-34-12-11-19-5-3-18(13-21(19)17-34)4-9-26-23-8-6-20(14-28(23)33-32-26)25-16-30(25)24-15-22(36-2)7-10-27(24)31-29(30)35;3-2(4,5)1(6)7/h3-10,13-15,25H,11-12,16-17H2,1-2H3,(H,31,35)(H,32,33);(H,6,7)/b9-4+;/t25-,30?;/m0./s1. The van der Waals surface area contributed by atoms with Gasteiger partial charge in [0.15, 0.2) is 0 Å². The molecule has 3 aromatic carbocycles. The number of ether oxygens (including phenoxy) is 1. The van der Waals surface area contributed by atoms with Crippen molar-refractivity contribution in [2.45, 2.75) is 36.9 Å². The van der Waals surface area contributed by atoms with Gasteiger partial charge in [-0.05, 0) is 78.0 Å². The first kappa shape index (κ1) is 28.5. The molecule has 3 aliphatic rings. The van der Waals surface area contributed by atoms with E-state index in [0.717, 1.165) is 65.1 Å². The van der Waals surface area contributed by atoms with Crippen LogP contribution in [0.15, 0.2) is 54.6 Å². The summed E-state index contributed by atoms with van der Waals surface area (Å²) in [6, 6.07) is 19.0. The lowest BCUT2D eigenvalue weighted by molar-refractivity contribution is -0.192. The van der Waals surface area contributed by atoms with Gasteiger partial charge in [-0.3, -0.25) is 9.89 Å². The Balaban J connectivity index is 0.000000423. The van der Waals surface area contributed by atoms with Crippen molar-refractivity contribution in [1.29, 1.82) is 0 Å². The van der Waals surface area contributed by atoms with E-state index in [1.165, 1.54) is 16.7 Å². The SMILES string of the molecule is COc1ccc2c(c1)C1(C[C@H]1c1ccc3c(/C=C/c4ccc5c(c4)CN(C)CC5)n[nH]c3c1)C(=O)N2.O=C(O)C(F)(F)F. The number of carboxylic acids is 1. The number of nitrogens with zero attached hydrogens (tertiary/aromatic N) is 2. The molecule has 1 amide bonds. The molecular formula is C32H29F3N4O4. The number of aliphatic carboxylic acids is 1. The second kappa shape index (κ2) is 10.6. The summed E-state index contributed by atoms with van der Waals surface area (Å²) < 4.78 is 37.2. The van der Waals surface area contributed by atoms with Crippen LogP contribution in [0, 0.1) is 0 Å². The number of amides is 1. The summed E-state index contributed by atoms with van der Waals surface area (Å²) in [4.78, 5) is 24.3. The number of hydrogen-bond donors (Lipinski definition) is 3. The molecule has 11 heteroatoms. The maximum Gasteiger partial charge on any atom is 0.490 e. The number of rotatable bonds is 4. The van der Waals surface area contributed by atoms with Crippen LogP contribution in [-0.2, 0) is 28.0 Å². The van der Waals surface area contributed by atoms with Gasteiger partial charge in [-0.15, -0.1) is 0 Å². The van der Waals surface area contributed by atoms with Gasteiger partial charge < -0.3 is 20.1 Å². The second-order valence-electron chi connectivity index (χ2n) is 11.2. The van der Waals surface area contributed by atoms with Crippen LogP contribution in [0.5, 0.6) is 5.75 Å². The average molecular weight is 591 g/mol. The van der Waals surface area contributed by atoms with Crippen molar-refractivity contribution in [2.24, 2.45) is 0 Å². The normalized spacial score (nSPS) is 20.9. The zero-order valence-electron chi connectivity index (χ0n) is 23.5. The molecule has 43 heavy (non-hydrogen) atoms. The van der Waals surface area contributed by atoms with Crippen LogP contribution in [0.2, 0.25) is 0 Å². The minimum Gasteiger partial charge on any atom is -0.497 e. The van der Waals surface area contributed by atoms with E-state index in [1.54, 1.807) is 7.11 Å². The average Bonchev–Trinajstić information content (AvgIpc) is 3.52. The molecule has 8 nitrogen and oxygen atoms in total. The van der Waals surface area contributed by atoms with Gasteiger partial charge in [-0.1, -0.05) is 36.4 Å². The first-order chi connectivity index (χ1) is 20.5. The number of H-pyrrole nitrogens is 1. The number of likely N-dealkylation sites (N-methyl/N-ethyl adjacent to an activating group) is 1. The molecule has 0 bridgehead atoms. The van der Waals surface area contributed by atoms with E-state index >= 15 is 0 Å². The van der Waals surface area contributed by atoms with Crippen molar-refractivity contribution < 1.29 is 32.6 Å². The molecule has 3 N–H and O–H groups in total. The maximum atomic E-state index is 13.0. The van der Waals surface area contributed by atoms with Gasteiger partial charge in [0.1, 0.15) is 5.75 Å². The van der Waals surface area contributed by atoms with E-state index in [0.29, 0.717) is 0 Å². The van der Waals surface area contributed by atoms with Gasteiger partial charge in [0.25, 0.3) is 0 Å². The molecule has 222 valence electrons. The predicted octanol–water partition coefficient (Wildman–Crippen LogP) is 5.74. The number of nitrogens with one attached hydrogen (secondary N) is 2. The highest BCUT2D eigenvalue weighted by atomic mass is 19.4. The number of carboxylic acid groups (broad SMARTS) is 1. The van der Waals surface area contributed by atoms with Crippen LogP contribution in [0.1, 0.15) is 45.8 Å². The molecule has 3 heterocycles. The van der Waals surface area contributed by atoms with Crippen molar-refractivity contribution >= 4 is 40.6 Å². The minimum absolute atomic E-state index is 0.0836. The summed E-state index contributed by atoms with van der Waals surface area (Å²) in [5.74, 6) is -1.75. The Hall–Kier alpha value is -4.64. The summed E-state index contributed by atoms with van der Waals surface area (Å²) >= 11 is 0. The second-order valence-corrected chi connectivity index (χ2v) is 11.2. The number of halogens is 3. The molecule has 1 aliphatic carbocycles. The molecule has 1 spiro atoms. The summed E-state index contributed by atoms with van der Waals surface area (Å²) in [6.45, 7) is 2.12. The summed E-state index contributed by atoms with van der Waals surface area (Å²) in [5.41, 5.74) is 8.57. The number of carbonyl (C=O) groups is 2. The number of methoxy groups -OCH3 is 1. The van der Waals surface area contributed by atoms with E-state index in [9.17, 15) is 18.0 Å². The van der Waals surface area contributed by atoms with Crippen LogP contribution in [0.25, 0.3) is 23.1 Å². The highest BCUT2D eigenvalue weighted by molar-refractivity contribution is 6.10. The Bertz CT molecular complexity index is 1780. The number of anilines is 1. The number of benzene rings is 3. The van der Waals surface area contributed by atoms with Gasteiger partial charge in [0, 0.05) is 30.1 Å². The zero-order valence-corrected chi connectivity index (χ0v) is 23.5. The number of fused-ring (bicyclic) bond motifs is 4. The highest BCUT2D eigenvalue weighted by Gasteiger charge is 2.65. The van der Waals surface area contributed by atoms with Gasteiger partial charge in [0.2, 0.25) is 5.91 Å². The quantitative estimate of drug-likeness (QED) is 0.280. The molecule has 1 unspecified atom stereocenters. The van der Waals surface area contributed by atoms with Gasteiger partial charge in [-0.25, -0.2) is 4.79 Å². The maximum absolute atomic E-state index is 13.0. The van der Waals surface area contributed by atoms with Gasteiger partial charge >= 0.3 is 12.1 Å². The lowest BCUT2D eigenvalue weighted by Gasteiger charge is -2.25. The Morgan fingerprint density at radius 1 is 1.12 bits per heavy atom. The highest BCUT2D eigenvalue weighted by Crippen LogP contribution is 2.65. The molecule has 2 aliphatic heterocycles. The van der Waals surface area contributed by atoms with Gasteiger partial charge in [0.05, 0.1) is 23.7 Å². The third-order valence-corrected chi connectivity index (χ3v) is 8.45. The Labute approximate surface area is 245 Å². The monoisotopic (exact) mass is 590 g/mol. The van der Waals surface area contributed by atoms with Crippen molar-refractivity contribution in [1.82, 2.24) is 15.1 Å². The number of carbonyl (C=O) groups excluding carboxylic acids is 1. The van der Waals surface area contributed by atoms with Crippen LogP contribution < -0.4 is 10.1 Å². The molecule has 1 aromatic heterocycles. The van der Waals surface area contributed by atoms with Crippen LogP contribution in [0.3, 0.4) is 0 Å². The van der Waals surface area contributed by atoms with Gasteiger partial charge in [-0.2, -0.15) is 18.3 Å². The number of aromatic amines is 1. The topological polar surface area (TPSA) is 108 Å². The van der Waals surface area contributed by atoms with Crippen LogP contribution >= 0.6 is 0 Å². The molecule has 0 radical (unpaired) electrons. The third kappa shape index (κ3) is 5.25. The van der Waals surface area contributed by atoms with E-state index in [2.05, 4.69) is 76.0 Å². The van der Waals surface area contributed by atoms with Crippen LogP contribution in [-0.4, -0.2) is 59.0 Å². The first-order valence-corrected chi connectivity index (χ1v) is 13.8. The molecule has 1 fully saturated rings. The molecule has 7 rings (SSSR count). The predicted molar refractivity (Wildman–Crippen MR) is 156 cm³/mol. The molecule has 4 aromatic rings. The number of aromatic nitrogens is 2. The Morgan fingerprint density at radius 2 is 1.91 bits per heavy atom. The minimum atomic E-state index is -5.08. The molecule has 1 saturated carbocycles. The fourth-order valence-electron chi connectivity index (χ4n) is 6.10. The summed E-state index contributed by atoms with van der Waals surface area (Å²) in [7, 11) is 3.83. The first-order valence-electron chi connectivity index (χ1n) is 13.8. The fourth-order valence-corrected chi connectivity index (χ4v) is 6.10. The fraction of sp³-hybridized carbons (Fsp3) is 0.281. The summed E-state index contributed by atoms with van der Waals surface area (Å²) in [6.07, 6.45) is 1.06.